The molecule has 4 aromatic rings. The molecule has 0 aliphatic carbocycles. The second-order valence-corrected chi connectivity index (χ2v) is 9.96. The molecule has 0 bridgehead atoms. The fourth-order valence-corrected chi connectivity index (χ4v) is 4.54. The molecule has 0 saturated carbocycles. The van der Waals surface area contributed by atoms with Gasteiger partial charge in [0.05, 0.1) is 22.5 Å². The zero-order valence-electron chi connectivity index (χ0n) is 17.9. The molecule has 0 unspecified atom stereocenters. The first-order valence-corrected chi connectivity index (χ1v) is 11.0. The molecule has 1 aromatic carbocycles. The average molecular weight is 418 g/mol. The van der Waals surface area contributed by atoms with Crippen LogP contribution in [0.2, 0.25) is 0 Å². The highest BCUT2D eigenvalue weighted by atomic mass is 32.1. The summed E-state index contributed by atoms with van der Waals surface area (Å²) in [7, 11) is 0. The van der Waals surface area contributed by atoms with Crippen molar-refractivity contribution >= 4 is 27.5 Å². The molecule has 0 fully saturated rings. The minimum atomic E-state index is -0.0759. The summed E-state index contributed by atoms with van der Waals surface area (Å²) in [5.74, 6) is -0.0759. The van der Waals surface area contributed by atoms with Gasteiger partial charge >= 0.3 is 0 Å². The molecule has 3 aromatic heterocycles. The van der Waals surface area contributed by atoms with Crippen LogP contribution in [0.15, 0.2) is 60.8 Å². The topological polar surface area (TPSA) is 46.9 Å². The van der Waals surface area contributed by atoms with E-state index in [2.05, 4.69) is 72.9 Å². The molecule has 0 radical (unpaired) electrons. The predicted molar refractivity (Wildman–Crippen MR) is 124 cm³/mol. The maximum absolute atomic E-state index is 13.0. The highest BCUT2D eigenvalue weighted by molar-refractivity contribution is 7.19. The first-order chi connectivity index (χ1) is 14.3. The van der Waals surface area contributed by atoms with E-state index in [0.29, 0.717) is 18.8 Å². The fraction of sp³-hybridized carbons (Fsp3) is 0.280. The number of carbonyl (C=O) groups is 1. The van der Waals surface area contributed by atoms with Gasteiger partial charge in [0, 0.05) is 17.6 Å². The highest BCUT2D eigenvalue weighted by Crippen LogP contribution is 2.30. The number of rotatable bonds is 5. The van der Waals surface area contributed by atoms with Gasteiger partial charge in [-0.3, -0.25) is 9.78 Å². The van der Waals surface area contributed by atoms with Gasteiger partial charge in [0.15, 0.2) is 0 Å². The van der Waals surface area contributed by atoms with E-state index in [1.165, 1.54) is 16.0 Å². The summed E-state index contributed by atoms with van der Waals surface area (Å²) in [6.45, 7) is 9.84. The van der Waals surface area contributed by atoms with Crippen LogP contribution in [0.5, 0.6) is 0 Å². The Morgan fingerprint density at radius 2 is 1.87 bits per heavy atom. The second kappa shape index (κ2) is 8.07. The lowest BCUT2D eigenvalue weighted by molar-refractivity contribution is 0.0942. The van der Waals surface area contributed by atoms with Crippen molar-refractivity contribution in [1.82, 2.24) is 14.9 Å². The van der Waals surface area contributed by atoms with Gasteiger partial charge in [-0.2, -0.15) is 0 Å². The Morgan fingerprint density at radius 3 is 2.53 bits per heavy atom. The molecule has 1 amide bonds. The molecular weight excluding hydrogens is 390 g/mol. The molecule has 0 aliphatic rings. The lowest BCUT2D eigenvalue weighted by atomic mass is 9.87. The van der Waals surface area contributed by atoms with E-state index in [9.17, 15) is 4.79 Å². The first-order valence-electron chi connectivity index (χ1n) is 10.2. The van der Waals surface area contributed by atoms with E-state index >= 15 is 0 Å². The molecule has 3 heterocycles. The van der Waals surface area contributed by atoms with Crippen molar-refractivity contribution in [3.8, 4) is 0 Å². The van der Waals surface area contributed by atoms with Gasteiger partial charge in [-0.05, 0) is 47.7 Å². The third-order valence-electron chi connectivity index (χ3n) is 5.26. The molecule has 4 rings (SSSR count). The van der Waals surface area contributed by atoms with E-state index in [4.69, 9.17) is 0 Å². The molecule has 4 nitrogen and oxygen atoms in total. The van der Waals surface area contributed by atoms with Crippen LogP contribution in [-0.2, 0) is 18.5 Å². The quantitative estimate of drug-likeness (QED) is 0.454. The van der Waals surface area contributed by atoms with Crippen molar-refractivity contribution in [2.45, 2.75) is 46.2 Å². The number of benzene rings is 1. The number of pyridine rings is 1. The zero-order chi connectivity index (χ0) is 21.3. The largest absolute Gasteiger partial charge is 0.345 e. The number of hydrogen-bond acceptors (Lipinski definition) is 3. The van der Waals surface area contributed by atoms with Crippen molar-refractivity contribution < 1.29 is 4.79 Å². The third kappa shape index (κ3) is 4.31. The van der Waals surface area contributed by atoms with E-state index < -0.39 is 0 Å². The lowest BCUT2D eigenvalue weighted by Crippen LogP contribution is -2.26. The normalized spacial score (nSPS) is 11.7. The molecule has 0 saturated heterocycles. The molecular formula is C25H27N3OS. The molecule has 0 aliphatic heterocycles. The van der Waals surface area contributed by atoms with E-state index in [0.717, 1.165) is 15.9 Å². The van der Waals surface area contributed by atoms with E-state index in [-0.39, 0.29) is 11.3 Å². The summed E-state index contributed by atoms with van der Waals surface area (Å²) in [6, 6.07) is 18.6. The van der Waals surface area contributed by atoms with Gasteiger partial charge in [0.2, 0.25) is 0 Å². The van der Waals surface area contributed by atoms with Crippen LogP contribution in [0.3, 0.4) is 0 Å². The number of hydrogen-bond donors (Lipinski definition) is 1. The van der Waals surface area contributed by atoms with E-state index in [1.807, 2.05) is 24.3 Å². The summed E-state index contributed by atoms with van der Waals surface area (Å²) in [5, 5.41) is 3.02. The number of aryl methyl sites for hydroxylation is 1. The smallest absolute Gasteiger partial charge is 0.268 e. The third-order valence-corrected chi connectivity index (χ3v) is 6.25. The minimum Gasteiger partial charge on any atom is -0.345 e. The highest BCUT2D eigenvalue weighted by Gasteiger charge is 2.18. The summed E-state index contributed by atoms with van der Waals surface area (Å²) >= 11 is 1.72. The van der Waals surface area contributed by atoms with Gasteiger partial charge in [-0.15, -0.1) is 11.3 Å². The van der Waals surface area contributed by atoms with Crippen LogP contribution < -0.4 is 5.32 Å². The number of fused-ring (bicyclic) bond motifs is 1. The number of aromatic nitrogens is 2. The van der Waals surface area contributed by atoms with Gasteiger partial charge in [-0.1, -0.05) is 51.1 Å². The van der Waals surface area contributed by atoms with Crippen molar-refractivity contribution in [3.05, 3.63) is 88.2 Å². The maximum atomic E-state index is 13.0. The second-order valence-electron chi connectivity index (χ2n) is 8.67. The van der Waals surface area contributed by atoms with Crippen LogP contribution in [0.4, 0.5) is 0 Å². The molecule has 30 heavy (non-hydrogen) atoms. The van der Waals surface area contributed by atoms with Crippen molar-refractivity contribution in [2.75, 3.05) is 0 Å². The number of carbonyl (C=O) groups excluding carboxylic acids is 1. The Labute approximate surface area is 181 Å². The number of amides is 1. The molecule has 1 N–H and O–H groups in total. The van der Waals surface area contributed by atoms with Crippen molar-refractivity contribution in [2.24, 2.45) is 0 Å². The molecule has 5 heteroatoms. The maximum Gasteiger partial charge on any atom is 0.268 e. The standard InChI is InChI=1S/C25H27N3OS/c1-17-13-21-23(30-17)14-22(24(29)27-15-20-7-5-6-12-26-20)28(21)16-18-8-10-19(11-9-18)25(2,3)4/h5-14H,15-16H2,1-4H3,(H,27,29). The predicted octanol–water partition coefficient (Wildman–Crippen LogP) is 5.68. The van der Waals surface area contributed by atoms with Crippen LogP contribution in [0.25, 0.3) is 10.2 Å². The zero-order valence-corrected chi connectivity index (χ0v) is 18.7. The Bertz CT molecular complexity index is 1170. The van der Waals surface area contributed by atoms with Gasteiger partial charge in [-0.25, -0.2) is 0 Å². The Morgan fingerprint density at radius 1 is 1.10 bits per heavy atom. The molecule has 0 atom stereocenters. The van der Waals surface area contributed by atoms with Crippen molar-refractivity contribution in [1.29, 1.82) is 0 Å². The summed E-state index contributed by atoms with van der Waals surface area (Å²) in [4.78, 5) is 18.5. The average Bonchev–Trinajstić information content (AvgIpc) is 3.24. The number of thiophene rings is 1. The summed E-state index contributed by atoms with van der Waals surface area (Å²) in [6.07, 6.45) is 1.74. The van der Waals surface area contributed by atoms with Gasteiger partial charge < -0.3 is 9.88 Å². The summed E-state index contributed by atoms with van der Waals surface area (Å²) in [5.41, 5.74) is 5.26. The first kappa shape index (κ1) is 20.4. The minimum absolute atomic E-state index is 0.0759. The summed E-state index contributed by atoms with van der Waals surface area (Å²) < 4.78 is 3.26. The Kier molecular flexibility index (Phi) is 5.48. The Balaban J connectivity index is 1.62. The Hall–Kier alpha value is -2.92. The number of nitrogens with one attached hydrogen (secondary N) is 1. The van der Waals surface area contributed by atoms with Gasteiger partial charge in [0.1, 0.15) is 5.69 Å². The van der Waals surface area contributed by atoms with Crippen LogP contribution in [-0.4, -0.2) is 15.5 Å². The van der Waals surface area contributed by atoms with Crippen molar-refractivity contribution in [3.63, 3.8) is 0 Å². The van der Waals surface area contributed by atoms with E-state index in [1.54, 1.807) is 17.5 Å². The van der Waals surface area contributed by atoms with Gasteiger partial charge in [0.25, 0.3) is 5.91 Å². The van der Waals surface area contributed by atoms with Crippen LogP contribution in [0, 0.1) is 6.92 Å². The van der Waals surface area contributed by atoms with Crippen LogP contribution in [0.1, 0.15) is 53.0 Å². The SMILES string of the molecule is Cc1cc2c(cc(C(=O)NCc3ccccn3)n2Cc2ccc(C(C)(C)C)cc2)s1. The molecule has 154 valence electrons. The van der Waals surface area contributed by atoms with Crippen LogP contribution >= 0.6 is 11.3 Å². The lowest BCUT2D eigenvalue weighted by Gasteiger charge is -2.19. The molecule has 0 spiro atoms. The monoisotopic (exact) mass is 417 g/mol. The number of nitrogens with zero attached hydrogens (tertiary/aromatic N) is 2. The fourth-order valence-electron chi connectivity index (χ4n) is 3.58.